The standard InChI is InChI=1S/C22H27Cl2N5O2.2ClH/c1-12-16(4-6-20(25)28-12)10-27-22(31)13(2)29-11-15(9-19(29)21(26)30)7-14-3-5-17(23)18(24)8-14;;/h3-6,8,13,15,19H,7,9-11H2,1-2H3,(H2,25,28)(H2,26,30)(H,27,31);2*1H/t13-,15?,19?;;/m0../s1. The Kier molecular flexibility index (Phi) is 11.2. The Hall–Kier alpha value is -1.77. The van der Waals surface area contributed by atoms with Crippen LogP contribution in [-0.4, -0.2) is 40.3 Å². The molecule has 7 nitrogen and oxygen atoms in total. The SMILES string of the molecule is Cc1nc(N)ccc1CNC(=O)[C@H](C)N1CC(Cc2ccc(Cl)c(Cl)c2)CC1C(N)=O.Cl.Cl. The number of primary amides is 1. The molecule has 0 aliphatic carbocycles. The van der Waals surface area contributed by atoms with E-state index < -0.39 is 18.0 Å². The number of benzene rings is 1. The van der Waals surface area contributed by atoms with Crippen LogP contribution in [0, 0.1) is 12.8 Å². The average molecular weight is 537 g/mol. The van der Waals surface area contributed by atoms with Gasteiger partial charge in [-0.05, 0) is 61.9 Å². The first kappa shape index (κ1) is 29.3. The number of nitrogens with zero attached hydrogens (tertiary/aromatic N) is 2. The molecule has 0 saturated carbocycles. The highest BCUT2D eigenvalue weighted by Crippen LogP contribution is 2.30. The maximum absolute atomic E-state index is 12.8. The van der Waals surface area contributed by atoms with Gasteiger partial charge in [0.05, 0.1) is 22.1 Å². The van der Waals surface area contributed by atoms with Gasteiger partial charge in [0.1, 0.15) is 5.82 Å². The Morgan fingerprint density at radius 2 is 1.91 bits per heavy atom. The molecule has 0 spiro atoms. The lowest BCUT2D eigenvalue weighted by Gasteiger charge is -2.28. The summed E-state index contributed by atoms with van der Waals surface area (Å²) in [4.78, 5) is 31.0. The minimum Gasteiger partial charge on any atom is -0.384 e. The molecule has 5 N–H and O–H groups in total. The fraction of sp³-hybridized carbons (Fsp3) is 0.409. The summed E-state index contributed by atoms with van der Waals surface area (Å²) in [6.07, 6.45) is 1.32. The number of pyridine rings is 1. The van der Waals surface area contributed by atoms with Gasteiger partial charge in [-0.25, -0.2) is 4.98 Å². The van der Waals surface area contributed by atoms with Crippen LogP contribution in [0.4, 0.5) is 5.82 Å². The number of likely N-dealkylation sites (tertiary alicyclic amines) is 1. The van der Waals surface area contributed by atoms with Gasteiger partial charge in [0.25, 0.3) is 0 Å². The third-order valence-electron chi connectivity index (χ3n) is 5.81. The first-order valence-electron chi connectivity index (χ1n) is 10.1. The highest BCUT2D eigenvalue weighted by Gasteiger charge is 2.40. The highest BCUT2D eigenvalue weighted by molar-refractivity contribution is 6.42. The van der Waals surface area contributed by atoms with Crippen molar-refractivity contribution >= 4 is 65.6 Å². The van der Waals surface area contributed by atoms with Crippen LogP contribution >= 0.6 is 48.0 Å². The minimum atomic E-state index is -0.502. The number of carbonyl (C=O) groups is 2. The Morgan fingerprint density at radius 3 is 2.52 bits per heavy atom. The summed E-state index contributed by atoms with van der Waals surface area (Å²) in [7, 11) is 0. The van der Waals surface area contributed by atoms with E-state index in [4.69, 9.17) is 34.7 Å². The van der Waals surface area contributed by atoms with Crippen LogP contribution in [0.15, 0.2) is 30.3 Å². The smallest absolute Gasteiger partial charge is 0.237 e. The molecule has 1 aliphatic rings. The third kappa shape index (κ3) is 7.36. The number of hydrogen-bond donors (Lipinski definition) is 3. The zero-order chi connectivity index (χ0) is 22.7. The van der Waals surface area contributed by atoms with Crippen molar-refractivity contribution in [3.8, 4) is 0 Å². The van der Waals surface area contributed by atoms with E-state index in [9.17, 15) is 9.59 Å². The number of amides is 2. The molecular weight excluding hydrogens is 508 g/mol. The maximum atomic E-state index is 12.8. The first-order chi connectivity index (χ1) is 14.7. The van der Waals surface area contributed by atoms with Gasteiger partial charge in [-0.3, -0.25) is 14.5 Å². The van der Waals surface area contributed by atoms with Crippen LogP contribution in [-0.2, 0) is 22.6 Å². The van der Waals surface area contributed by atoms with Gasteiger partial charge >= 0.3 is 0 Å². The summed E-state index contributed by atoms with van der Waals surface area (Å²) in [5.74, 6) is 0.0244. The van der Waals surface area contributed by atoms with Crippen LogP contribution < -0.4 is 16.8 Å². The molecule has 2 unspecified atom stereocenters. The summed E-state index contributed by atoms with van der Waals surface area (Å²) >= 11 is 12.1. The first-order valence-corrected chi connectivity index (χ1v) is 10.9. The van der Waals surface area contributed by atoms with Crippen molar-refractivity contribution in [1.29, 1.82) is 0 Å². The Morgan fingerprint density at radius 1 is 1.21 bits per heavy atom. The van der Waals surface area contributed by atoms with E-state index >= 15 is 0 Å². The molecule has 3 atom stereocenters. The number of halogens is 4. The van der Waals surface area contributed by atoms with E-state index in [1.165, 1.54) is 0 Å². The number of aromatic nitrogens is 1. The van der Waals surface area contributed by atoms with Crippen LogP contribution in [0.5, 0.6) is 0 Å². The quantitative estimate of drug-likeness (QED) is 0.500. The Balaban J connectivity index is 0.00000272. The van der Waals surface area contributed by atoms with E-state index in [2.05, 4.69) is 10.3 Å². The van der Waals surface area contributed by atoms with E-state index in [1.807, 2.05) is 30.0 Å². The lowest BCUT2D eigenvalue weighted by Crippen LogP contribution is -2.51. The molecule has 3 rings (SSSR count). The second-order valence-electron chi connectivity index (χ2n) is 8.04. The zero-order valence-corrected chi connectivity index (χ0v) is 21.5. The predicted octanol–water partition coefficient (Wildman–Crippen LogP) is 3.55. The van der Waals surface area contributed by atoms with Gasteiger partial charge in [-0.15, -0.1) is 24.8 Å². The van der Waals surface area contributed by atoms with E-state index in [0.717, 1.165) is 23.2 Å². The lowest BCUT2D eigenvalue weighted by atomic mass is 9.96. The minimum absolute atomic E-state index is 0. The molecule has 0 bridgehead atoms. The molecule has 1 aromatic carbocycles. The van der Waals surface area contributed by atoms with E-state index in [-0.39, 0.29) is 36.6 Å². The van der Waals surface area contributed by atoms with E-state index in [1.54, 1.807) is 19.1 Å². The fourth-order valence-corrected chi connectivity index (χ4v) is 4.40. The van der Waals surface area contributed by atoms with Crippen molar-refractivity contribution in [2.45, 2.75) is 45.3 Å². The molecule has 1 fully saturated rings. The molecule has 2 aromatic rings. The number of nitrogens with one attached hydrogen (secondary N) is 1. The Labute approximate surface area is 216 Å². The average Bonchev–Trinajstić information content (AvgIpc) is 3.13. The summed E-state index contributed by atoms with van der Waals surface area (Å²) in [6.45, 7) is 4.56. The lowest BCUT2D eigenvalue weighted by molar-refractivity contribution is -0.129. The summed E-state index contributed by atoms with van der Waals surface area (Å²) in [6, 6.07) is 8.08. The molecule has 0 radical (unpaired) electrons. The number of nitrogens with two attached hydrogens (primary N) is 2. The molecule has 11 heteroatoms. The van der Waals surface area contributed by atoms with Crippen LogP contribution in [0.2, 0.25) is 10.0 Å². The van der Waals surface area contributed by atoms with E-state index in [0.29, 0.717) is 35.4 Å². The fourth-order valence-electron chi connectivity index (χ4n) is 4.08. The monoisotopic (exact) mass is 535 g/mol. The largest absolute Gasteiger partial charge is 0.384 e. The van der Waals surface area contributed by atoms with Gasteiger partial charge in [-0.1, -0.05) is 35.3 Å². The van der Waals surface area contributed by atoms with Gasteiger partial charge in [0.2, 0.25) is 11.8 Å². The molecular formula is C22H29Cl4N5O2. The summed E-state index contributed by atoms with van der Waals surface area (Å²) < 4.78 is 0. The van der Waals surface area contributed by atoms with Crippen molar-refractivity contribution < 1.29 is 9.59 Å². The van der Waals surface area contributed by atoms with Gasteiger partial charge in [0.15, 0.2) is 0 Å². The maximum Gasteiger partial charge on any atom is 0.237 e. The summed E-state index contributed by atoms with van der Waals surface area (Å²) in [5, 5.41) is 3.93. The third-order valence-corrected chi connectivity index (χ3v) is 6.55. The van der Waals surface area contributed by atoms with Crippen LogP contribution in [0.3, 0.4) is 0 Å². The molecule has 2 heterocycles. The van der Waals surface area contributed by atoms with Crippen LogP contribution in [0.1, 0.15) is 30.2 Å². The molecule has 33 heavy (non-hydrogen) atoms. The van der Waals surface area contributed by atoms with Crippen molar-refractivity contribution in [2.75, 3.05) is 12.3 Å². The predicted molar refractivity (Wildman–Crippen MR) is 137 cm³/mol. The molecule has 1 aromatic heterocycles. The second-order valence-corrected chi connectivity index (χ2v) is 8.86. The van der Waals surface area contributed by atoms with Crippen molar-refractivity contribution in [1.82, 2.24) is 15.2 Å². The number of carbonyl (C=O) groups excluding carboxylic acids is 2. The number of rotatable bonds is 7. The normalized spacial score (nSPS) is 18.7. The van der Waals surface area contributed by atoms with Gasteiger partial charge < -0.3 is 16.8 Å². The Bertz CT molecular complexity index is 991. The molecule has 182 valence electrons. The highest BCUT2D eigenvalue weighted by atomic mass is 35.5. The summed E-state index contributed by atoms with van der Waals surface area (Å²) in [5.41, 5.74) is 14.0. The zero-order valence-electron chi connectivity index (χ0n) is 18.4. The molecule has 2 amide bonds. The second kappa shape index (κ2) is 12.6. The number of hydrogen-bond acceptors (Lipinski definition) is 5. The number of anilines is 1. The van der Waals surface area contributed by atoms with Crippen molar-refractivity contribution in [3.05, 3.63) is 57.2 Å². The topological polar surface area (TPSA) is 114 Å². The van der Waals surface area contributed by atoms with Crippen molar-refractivity contribution in [3.63, 3.8) is 0 Å². The van der Waals surface area contributed by atoms with Crippen molar-refractivity contribution in [2.24, 2.45) is 11.7 Å². The van der Waals surface area contributed by atoms with Gasteiger partial charge in [0, 0.05) is 18.8 Å². The molecule has 1 saturated heterocycles. The number of nitrogen functional groups attached to an aromatic ring is 1. The molecule has 1 aliphatic heterocycles. The number of aryl methyl sites for hydroxylation is 1. The van der Waals surface area contributed by atoms with Crippen LogP contribution in [0.25, 0.3) is 0 Å². The van der Waals surface area contributed by atoms with Gasteiger partial charge in [-0.2, -0.15) is 0 Å².